The Morgan fingerprint density at radius 3 is 2.63 bits per heavy atom. The van der Waals surface area contributed by atoms with E-state index in [0.29, 0.717) is 27.6 Å². The van der Waals surface area contributed by atoms with E-state index in [1.807, 2.05) is 0 Å². The molecule has 0 heterocycles. The lowest BCUT2D eigenvalue weighted by Crippen LogP contribution is -2.10. The molecule has 2 N–H and O–H groups in total. The number of halogens is 2. The lowest BCUT2D eigenvalue weighted by Gasteiger charge is -2.11. The molecule has 0 spiro atoms. The van der Waals surface area contributed by atoms with Gasteiger partial charge in [0.1, 0.15) is 22.3 Å². The molecule has 5 heteroatoms. The summed E-state index contributed by atoms with van der Waals surface area (Å²) in [5.74, 6) is 0.492. The van der Waals surface area contributed by atoms with E-state index >= 15 is 0 Å². The van der Waals surface area contributed by atoms with Gasteiger partial charge in [-0.1, -0.05) is 29.9 Å². The molecule has 0 aliphatic carbocycles. The Balaban J connectivity index is 2.37. The summed E-state index contributed by atoms with van der Waals surface area (Å²) in [5.41, 5.74) is 6.68. The van der Waals surface area contributed by atoms with Gasteiger partial charge in [-0.3, -0.25) is 0 Å². The van der Waals surface area contributed by atoms with Crippen molar-refractivity contribution in [2.75, 3.05) is 0 Å². The van der Waals surface area contributed by atoms with Gasteiger partial charge in [0.15, 0.2) is 0 Å². The second-order valence-electron chi connectivity index (χ2n) is 4.02. The Bertz CT molecular complexity index is 645. The van der Waals surface area contributed by atoms with Crippen molar-refractivity contribution < 1.29 is 9.13 Å². The number of thiocarbonyl (C=S) groups is 1. The Morgan fingerprint density at radius 2 is 2.00 bits per heavy atom. The van der Waals surface area contributed by atoms with Gasteiger partial charge in [-0.25, -0.2) is 4.39 Å². The molecule has 0 amide bonds. The first-order valence-electron chi connectivity index (χ1n) is 5.51. The van der Waals surface area contributed by atoms with Gasteiger partial charge >= 0.3 is 0 Å². The van der Waals surface area contributed by atoms with E-state index in [1.165, 1.54) is 6.07 Å². The maximum absolute atomic E-state index is 13.5. The van der Waals surface area contributed by atoms with Crippen molar-refractivity contribution in [2.24, 2.45) is 5.73 Å². The van der Waals surface area contributed by atoms with Crippen LogP contribution in [0.15, 0.2) is 36.4 Å². The molecule has 0 radical (unpaired) electrons. The van der Waals surface area contributed by atoms with Gasteiger partial charge < -0.3 is 10.5 Å². The number of ether oxygens (including phenoxy) is 1. The smallest absolute Gasteiger partial charge is 0.137 e. The lowest BCUT2D eigenvalue weighted by atomic mass is 10.2. The molecule has 2 rings (SSSR count). The maximum atomic E-state index is 13.5. The van der Waals surface area contributed by atoms with Gasteiger partial charge in [-0.15, -0.1) is 0 Å². The molecule has 2 aromatic carbocycles. The summed E-state index contributed by atoms with van der Waals surface area (Å²) < 4.78 is 19.0. The number of rotatable bonds is 3. The van der Waals surface area contributed by atoms with Crippen molar-refractivity contribution in [3.8, 4) is 11.5 Å². The fraction of sp³-hybridized carbons (Fsp3) is 0.0714. The van der Waals surface area contributed by atoms with Gasteiger partial charge in [0.05, 0.1) is 5.56 Å². The molecule has 0 aliphatic heterocycles. The monoisotopic (exact) mass is 295 g/mol. The second kappa shape index (κ2) is 5.55. The third-order valence-electron chi connectivity index (χ3n) is 2.58. The quantitative estimate of drug-likeness (QED) is 0.861. The van der Waals surface area contributed by atoms with E-state index in [0.717, 1.165) is 0 Å². The molecule has 0 bridgehead atoms. The van der Waals surface area contributed by atoms with E-state index in [9.17, 15) is 4.39 Å². The Labute approximate surface area is 120 Å². The lowest BCUT2D eigenvalue weighted by molar-refractivity contribution is 0.475. The fourth-order valence-electron chi connectivity index (χ4n) is 1.55. The molecular weight excluding hydrogens is 285 g/mol. The highest BCUT2D eigenvalue weighted by Crippen LogP contribution is 2.28. The van der Waals surface area contributed by atoms with Gasteiger partial charge in [-0.2, -0.15) is 0 Å². The summed E-state index contributed by atoms with van der Waals surface area (Å²) in [6.45, 7) is 1.68. The standard InChI is InChI=1S/C14H11ClFNOS/c1-8-2-4-10(7-12(8)16)18-13-5-3-9(15)6-11(13)14(17)19/h2-7H,1H3,(H2,17,19). The number of benzene rings is 2. The fourth-order valence-corrected chi connectivity index (χ4v) is 1.88. The molecule has 98 valence electrons. The van der Waals surface area contributed by atoms with Crippen LogP contribution in [0.25, 0.3) is 0 Å². The first-order valence-corrected chi connectivity index (χ1v) is 6.29. The van der Waals surface area contributed by atoms with Crippen LogP contribution in [0.3, 0.4) is 0 Å². The first kappa shape index (κ1) is 13.8. The largest absolute Gasteiger partial charge is 0.457 e. The van der Waals surface area contributed by atoms with E-state index in [-0.39, 0.29) is 10.8 Å². The molecule has 0 saturated heterocycles. The Hall–Kier alpha value is -1.65. The van der Waals surface area contributed by atoms with Crippen LogP contribution in [0.4, 0.5) is 4.39 Å². The summed E-state index contributed by atoms with van der Waals surface area (Å²) in [6.07, 6.45) is 0. The number of aryl methyl sites for hydroxylation is 1. The van der Waals surface area contributed by atoms with Gasteiger partial charge in [0, 0.05) is 11.1 Å². The number of hydrogen-bond acceptors (Lipinski definition) is 2. The minimum absolute atomic E-state index is 0.171. The Morgan fingerprint density at radius 1 is 1.26 bits per heavy atom. The van der Waals surface area contributed by atoms with Crippen LogP contribution in [-0.4, -0.2) is 4.99 Å². The topological polar surface area (TPSA) is 35.2 Å². The number of hydrogen-bond donors (Lipinski definition) is 1. The highest BCUT2D eigenvalue weighted by Gasteiger charge is 2.09. The average molecular weight is 296 g/mol. The maximum Gasteiger partial charge on any atom is 0.137 e. The van der Waals surface area contributed by atoms with Crippen LogP contribution in [0.1, 0.15) is 11.1 Å². The van der Waals surface area contributed by atoms with Crippen LogP contribution in [-0.2, 0) is 0 Å². The molecule has 19 heavy (non-hydrogen) atoms. The van der Waals surface area contributed by atoms with Crippen molar-refractivity contribution in [2.45, 2.75) is 6.92 Å². The molecule has 0 aliphatic rings. The van der Waals surface area contributed by atoms with Crippen LogP contribution in [0.2, 0.25) is 5.02 Å². The summed E-state index contributed by atoms with van der Waals surface area (Å²) in [7, 11) is 0. The van der Waals surface area contributed by atoms with E-state index < -0.39 is 0 Å². The van der Waals surface area contributed by atoms with E-state index in [1.54, 1.807) is 37.3 Å². The zero-order valence-electron chi connectivity index (χ0n) is 10.1. The average Bonchev–Trinajstić information content (AvgIpc) is 2.36. The van der Waals surface area contributed by atoms with Crippen molar-refractivity contribution in [1.29, 1.82) is 0 Å². The van der Waals surface area contributed by atoms with Crippen LogP contribution < -0.4 is 10.5 Å². The normalized spacial score (nSPS) is 10.3. The SMILES string of the molecule is Cc1ccc(Oc2ccc(Cl)cc2C(N)=S)cc1F. The van der Waals surface area contributed by atoms with E-state index in [4.69, 9.17) is 34.3 Å². The zero-order chi connectivity index (χ0) is 14.0. The van der Waals surface area contributed by atoms with Crippen molar-refractivity contribution in [3.05, 3.63) is 58.4 Å². The van der Waals surface area contributed by atoms with Crippen LogP contribution in [0.5, 0.6) is 11.5 Å². The molecule has 0 fully saturated rings. The molecule has 0 unspecified atom stereocenters. The zero-order valence-corrected chi connectivity index (χ0v) is 11.7. The van der Waals surface area contributed by atoms with E-state index in [2.05, 4.69) is 0 Å². The van der Waals surface area contributed by atoms with Gasteiger partial charge in [-0.05, 0) is 36.8 Å². The molecule has 0 aromatic heterocycles. The minimum atomic E-state index is -0.330. The van der Waals surface area contributed by atoms with Crippen molar-refractivity contribution in [1.82, 2.24) is 0 Å². The summed E-state index contributed by atoms with van der Waals surface area (Å²) in [4.78, 5) is 0.171. The minimum Gasteiger partial charge on any atom is -0.457 e. The predicted molar refractivity (Wildman–Crippen MR) is 78.6 cm³/mol. The molecular formula is C14H11ClFNOS. The summed E-state index contributed by atoms with van der Waals surface area (Å²) in [6, 6.07) is 9.55. The number of nitrogens with two attached hydrogens (primary N) is 1. The van der Waals surface area contributed by atoms with Gasteiger partial charge in [0.2, 0.25) is 0 Å². The van der Waals surface area contributed by atoms with Crippen molar-refractivity contribution in [3.63, 3.8) is 0 Å². The predicted octanol–water partition coefficient (Wildman–Crippen LogP) is 4.21. The van der Waals surface area contributed by atoms with Gasteiger partial charge in [0.25, 0.3) is 0 Å². The summed E-state index contributed by atoms with van der Waals surface area (Å²) in [5, 5.41) is 0.505. The Kier molecular flexibility index (Phi) is 4.02. The van der Waals surface area contributed by atoms with Crippen LogP contribution >= 0.6 is 23.8 Å². The molecule has 2 aromatic rings. The third kappa shape index (κ3) is 3.22. The second-order valence-corrected chi connectivity index (χ2v) is 4.89. The molecule has 0 atom stereocenters. The highest BCUT2D eigenvalue weighted by molar-refractivity contribution is 7.80. The third-order valence-corrected chi connectivity index (χ3v) is 3.03. The highest BCUT2D eigenvalue weighted by atomic mass is 35.5. The summed E-state index contributed by atoms with van der Waals surface area (Å²) >= 11 is 10.8. The van der Waals surface area contributed by atoms with Crippen LogP contribution in [0, 0.1) is 12.7 Å². The molecule has 0 saturated carbocycles. The first-order chi connectivity index (χ1) is 8.97. The molecule has 2 nitrogen and oxygen atoms in total. The van der Waals surface area contributed by atoms with Crippen molar-refractivity contribution >= 4 is 28.8 Å².